The molecule has 0 saturated heterocycles. The molecule has 0 aliphatic heterocycles. The topological polar surface area (TPSA) is 92.5 Å². The Morgan fingerprint density at radius 2 is 1.89 bits per heavy atom. The molecule has 8 heteroatoms. The molecule has 0 aliphatic carbocycles. The van der Waals surface area contributed by atoms with Crippen LogP contribution in [0.5, 0.6) is 5.75 Å². The maximum Gasteiger partial charge on any atom is 0.309 e. The quantitative estimate of drug-likeness (QED) is 0.386. The standard InChI is InChI=1S/C27H26ClN3O4/c1-5-34-25(32)11-12-35-24-8-6-7-17(2)26(24)31(4)27(33)19-9-10-23(28)21(14-19)22-16-30-20(15-29)13-18(22)3/h6-10,13-14,16H,5,11-12H2,1-4H3. The van der Waals surface area contributed by atoms with Gasteiger partial charge in [0, 0.05) is 35.0 Å². The maximum absolute atomic E-state index is 13.5. The Morgan fingerprint density at radius 3 is 2.57 bits per heavy atom. The summed E-state index contributed by atoms with van der Waals surface area (Å²) < 4.78 is 10.8. The Morgan fingerprint density at radius 1 is 1.11 bits per heavy atom. The summed E-state index contributed by atoms with van der Waals surface area (Å²) in [5, 5.41) is 9.56. The van der Waals surface area contributed by atoms with E-state index in [1.165, 1.54) is 4.90 Å². The first-order chi connectivity index (χ1) is 16.8. The number of pyridine rings is 1. The zero-order chi connectivity index (χ0) is 25.5. The van der Waals surface area contributed by atoms with E-state index in [-0.39, 0.29) is 24.9 Å². The lowest BCUT2D eigenvalue weighted by atomic mass is 9.99. The van der Waals surface area contributed by atoms with Crippen molar-refractivity contribution in [3.63, 3.8) is 0 Å². The highest BCUT2D eigenvalue weighted by molar-refractivity contribution is 6.33. The molecule has 0 unspecified atom stereocenters. The van der Waals surface area contributed by atoms with E-state index >= 15 is 0 Å². The van der Waals surface area contributed by atoms with Gasteiger partial charge in [-0.2, -0.15) is 5.26 Å². The van der Waals surface area contributed by atoms with Crippen molar-refractivity contribution < 1.29 is 19.1 Å². The second kappa shape index (κ2) is 11.5. The summed E-state index contributed by atoms with van der Waals surface area (Å²) in [7, 11) is 1.67. The highest BCUT2D eigenvalue weighted by Gasteiger charge is 2.21. The number of nitriles is 1. The number of esters is 1. The highest BCUT2D eigenvalue weighted by atomic mass is 35.5. The minimum absolute atomic E-state index is 0.109. The summed E-state index contributed by atoms with van der Waals surface area (Å²) in [4.78, 5) is 30.8. The van der Waals surface area contributed by atoms with Crippen LogP contribution in [0.4, 0.5) is 5.69 Å². The number of para-hydroxylation sites is 1. The highest BCUT2D eigenvalue weighted by Crippen LogP contribution is 2.34. The number of benzene rings is 2. The molecule has 3 aromatic rings. The molecule has 1 aromatic heterocycles. The number of halogens is 1. The molecule has 0 spiro atoms. The van der Waals surface area contributed by atoms with Crippen LogP contribution in [0, 0.1) is 25.2 Å². The monoisotopic (exact) mass is 491 g/mol. The van der Waals surface area contributed by atoms with E-state index in [9.17, 15) is 9.59 Å². The van der Waals surface area contributed by atoms with Gasteiger partial charge in [-0.15, -0.1) is 0 Å². The van der Waals surface area contributed by atoms with E-state index in [0.29, 0.717) is 39.9 Å². The Hall–Kier alpha value is -3.89. The van der Waals surface area contributed by atoms with E-state index in [1.54, 1.807) is 50.5 Å². The average molecular weight is 492 g/mol. The van der Waals surface area contributed by atoms with Crippen LogP contribution >= 0.6 is 11.6 Å². The first-order valence-electron chi connectivity index (χ1n) is 11.1. The van der Waals surface area contributed by atoms with E-state index in [1.807, 2.05) is 32.0 Å². The maximum atomic E-state index is 13.5. The lowest BCUT2D eigenvalue weighted by Crippen LogP contribution is -2.27. The van der Waals surface area contributed by atoms with Gasteiger partial charge in [0.25, 0.3) is 5.91 Å². The van der Waals surface area contributed by atoms with Gasteiger partial charge in [-0.05, 0) is 62.2 Å². The third-order valence-corrected chi connectivity index (χ3v) is 5.77. The number of aryl methyl sites for hydroxylation is 2. The molecule has 2 aromatic carbocycles. The van der Waals surface area contributed by atoms with E-state index < -0.39 is 0 Å². The Labute approximate surface area is 209 Å². The minimum Gasteiger partial charge on any atom is -0.491 e. The van der Waals surface area contributed by atoms with Crippen LogP contribution in [0.3, 0.4) is 0 Å². The number of carbonyl (C=O) groups is 2. The Bertz CT molecular complexity index is 1300. The predicted octanol–water partition coefficient (Wildman–Crippen LogP) is 5.50. The van der Waals surface area contributed by atoms with Crippen LogP contribution in [-0.2, 0) is 9.53 Å². The zero-order valence-electron chi connectivity index (χ0n) is 20.1. The van der Waals surface area contributed by atoms with Gasteiger partial charge in [-0.3, -0.25) is 9.59 Å². The Balaban J connectivity index is 1.90. The zero-order valence-corrected chi connectivity index (χ0v) is 20.8. The molecule has 0 aliphatic rings. The number of hydrogen-bond acceptors (Lipinski definition) is 6. The van der Waals surface area contributed by atoms with Crippen molar-refractivity contribution in [2.45, 2.75) is 27.2 Å². The van der Waals surface area contributed by atoms with Crippen molar-refractivity contribution in [2.24, 2.45) is 0 Å². The third-order valence-electron chi connectivity index (χ3n) is 5.44. The molecule has 0 bridgehead atoms. The molecule has 1 heterocycles. The molecule has 1 amide bonds. The number of amides is 1. The van der Waals surface area contributed by atoms with Crippen molar-refractivity contribution >= 4 is 29.2 Å². The average Bonchev–Trinajstić information content (AvgIpc) is 2.84. The summed E-state index contributed by atoms with van der Waals surface area (Å²) in [5.74, 6) is -0.106. The van der Waals surface area contributed by atoms with Crippen LogP contribution in [0.25, 0.3) is 11.1 Å². The summed E-state index contributed by atoms with van der Waals surface area (Å²) in [6, 6.07) is 14.2. The van der Waals surface area contributed by atoms with Crippen molar-refractivity contribution in [3.05, 3.63) is 76.1 Å². The number of aromatic nitrogens is 1. The van der Waals surface area contributed by atoms with Crippen LogP contribution in [0.1, 0.15) is 40.5 Å². The molecule has 35 heavy (non-hydrogen) atoms. The van der Waals surface area contributed by atoms with Gasteiger partial charge in [0.05, 0.1) is 25.3 Å². The summed E-state index contributed by atoms with van der Waals surface area (Å²) in [6.07, 6.45) is 1.70. The van der Waals surface area contributed by atoms with Crippen LogP contribution < -0.4 is 9.64 Å². The molecular formula is C27H26ClN3O4. The number of anilines is 1. The van der Waals surface area contributed by atoms with Crippen LogP contribution in [0.15, 0.2) is 48.7 Å². The van der Waals surface area contributed by atoms with Crippen LogP contribution in [0.2, 0.25) is 5.02 Å². The van der Waals surface area contributed by atoms with Gasteiger partial charge >= 0.3 is 5.97 Å². The van der Waals surface area contributed by atoms with Crippen molar-refractivity contribution in [1.29, 1.82) is 5.26 Å². The second-order valence-corrected chi connectivity index (χ2v) is 8.29. The number of carbonyl (C=O) groups excluding carboxylic acids is 2. The van der Waals surface area contributed by atoms with Crippen LogP contribution in [-0.4, -0.2) is 37.1 Å². The summed E-state index contributed by atoms with van der Waals surface area (Å²) in [5.41, 5.74) is 4.40. The smallest absolute Gasteiger partial charge is 0.309 e. The number of ether oxygens (including phenoxy) is 2. The van der Waals surface area contributed by atoms with Crippen molar-refractivity contribution in [1.82, 2.24) is 4.98 Å². The lowest BCUT2D eigenvalue weighted by Gasteiger charge is -2.23. The van der Waals surface area contributed by atoms with Gasteiger partial charge < -0.3 is 14.4 Å². The molecule has 0 N–H and O–H groups in total. The summed E-state index contributed by atoms with van der Waals surface area (Å²) >= 11 is 6.46. The second-order valence-electron chi connectivity index (χ2n) is 7.88. The fourth-order valence-corrected chi connectivity index (χ4v) is 3.93. The van der Waals surface area contributed by atoms with E-state index in [4.69, 9.17) is 26.3 Å². The molecule has 0 radical (unpaired) electrons. The summed E-state index contributed by atoms with van der Waals surface area (Å²) in [6.45, 7) is 5.94. The van der Waals surface area contributed by atoms with Crippen molar-refractivity contribution in [2.75, 3.05) is 25.2 Å². The van der Waals surface area contributed by atoms with Gasteiger partial charge in [-0.1, -0.05) is 23.7 Å². The molecule has 0 fully saturated rings. The van der Waals surface area contributed by atoms with Crippen molar-refractivity contribution in [3.8, 4) is 22.9 Å². The number of rotatable bonds is 8. The molecule has 0 saturated carbocycles. The molecular weight excluding hydrogens is 466 g/mol. The fraction of sp³-hybridized carbons (Fsp3) is 0.259. The molecule has 180 valence electrons. The van der Waals surface area contributed by atoms with Gasteiger partial charge in [-0.25, -0.2) is 4.98 Å². The normalized spacial score (nSPS) is 10.4. The molecule has 7 nitrogen and oxygen atoms in total. The predicted molar refractivity (Wildman–Crippen MR) is 135 cm³/mol. The third kappa shape index (κ3) is 5.97. The number of nitrogens with zero attached hydrogens (tertiary/aromatic N) is 3. The fourth-order valence-electron chi connectivity index (χ4n) is 3.71. The molecule has 3 rings (SSSR count). The van der Waals surface area contributed by atoms with E-state index in [2.05, 4.69) is 4.98 Å². The largest absolute Gasteiger partial charge is 0.491 e. The van der Waals surface area contributed by atoms with E-state index in [0.717, 1.165) is 16.7 Å². The first kappa shape index (κ1) is 25.7. The first-order valence-corrected chi connectivity index (χ1v) is 11.5. The lowest BCUT2D eigenvalue weighted by molar-refractivity contribution is -0.143. The van der Waals surface area contributed by atoms with Gasteiger partial charge in [0.15, 0.2) is 0 Å². The number of hydrogen-bond donors (Lipinski definition) is 0. The Kier molecular flexibility index (Phi) is 8.45. The molecule has 0 atom stereocenters. The van der Waals surface area contributed by atoms with Gasteiger partial charge in [0.2, 0.25) is 0 Å². The minimum atomic E-state index is -0.340. The SMILES string of the molecule is CCOC(=O)CCOc1cccc(C)c1N(C)C(=O)c1ccc(Cl)c(-c2cnc(C#N)cc2C)c1. The van der Waals surface area contributed by atoms with Gasteiger partial charge in [0.1, 0.15) is 17.5 Å².